The maximum Gasteiger partial charge on any atom is 0.122 e. The third-order valence-electron chi connectivity index (χ3n) is 1.58. The number of rotatable bonds is 2. The number of methoxy groups -OCH3 is 1. The zero-order valence-corrected chi connectivity index (χ0v) is 10.3. The van der Waals surface area contributed by atoms with Gasteiger partial charge in [0.15, 0.2) is 0 Å². The van der Waals surface area contributed by atoms with E-state index in [4.69, 9.17) is 4.74 Å². The molecule has 0 saturated carbocycles. The van der Waals surface area contributed by atoms with Gasteiger partial charge in [-0.15, -0.1) is 0 Å². The summed E-state index contributed by atoms with van der Waals surface area (Å²) in [7, 11) is 1.69. The molecule has 0 heterocycles. The summed E-state index contributed by atoms with van der Waals surface area (Å²) in [5.74, 6) is 0.951. The molecule has 1 rings (SSSR count). The molecule has 13 heavy (non-hydrogen) atoms. The van der Waals surface area contributed by atoms with Crippen molar-refractivity contribution in [3.8, 4) is 5.75 Å². The highest BCUT2D eigenvalue weighted by Gasteiger charge is 1.99. The quantitative estimate of drug-likeness (QED) is 0.717. The van der Waals surface area contributed by atoms with Crippen molar-refractivity contribution < 1.29 is 4.74 Å². The topological polar surface area (TPSA) is 9.23 Å². The molecule has 0 aliphatic rings. The predicted molar refractivity (Wildman–Crippen MR) is 61.7 cm³/mol. The summed E-state index contributed by atoms with van der Waals surface area (Å²) < 4.78 is 5.16. The molecule has 1 aromatic carbocycles. The molecule has 1 nitrogen and oxygen atoms in total. The van der Waals surface area contributed by atoms with Crippen LogP contribution in [0.5, 0.6) is 5.75 Å². The second kappa shape index (κ2) is 6.96. The van der Waals surface area contributed by atoms with Gasteiger partial charge in [0.1, 0.15) is 5.75 Å². The van der Waals surface area contributed by atoms with Gasteiger partial charge in [-0.2, -0.15) is 0 Å². The van der Waals surface area contributed by atoms with Crippen LogP contribution in [0.15, 0.2) is 18.2 Å². The number of hydrogen-bond donors (Lipinski definition) is 0. The number of benzene rings is 1. The highest BCUT2D eigenvalue weighted by molar-refractivity contribution is 9.08. The average Bonchev–Trinajstić information content (AvgIpc) is 2.20. The van der Waals surface area contributed by atoms with Gasteiger partial charge in [0.25, 0.3) is 0 Å². The molecule has 0 radical (unpaired) electrons. The molecular weight excluding hydrogens is 228 g/mol. The van der Waals surface area contributed by atoms with Crippen molar-refractivity contribution in [1.29, 1.82) is 0 Å². The highest BCUT2D eigenvalue weighted by atomic mass is 79.9. The van der Waals surface area contributed by atoms with E-state index in [0.717, 1.165) is 11.1 Å². The van der Waals surface area contributed by atoms with E-state index in [1.807, 2.05) is 26.0 Å². The lowest BCUT2D eigenvalue weighted by Gasteiger charge is -2.05. The third kappa shape index (κ3) is 3.81. The fraction of sp³-hybridized carbons (Fsp3) is 0.455. The third-order valence-corrected chi connectivity index (χ3v) is 2.18. The molecule has 0 fully saturated rings. The molecule has 0 aromatic heterocycles. The Labute approximate surface area is 89.2 Å². The van der Waals surface area contributed by atoms with Crippen molar-refractivity contribution in [3.63, 3.8) is 0 Å². The van der Waals surface area contributed by atoms with Gasteiger partial charge in [0, 0.05) is 10.9 Å². The lowest BCUT2D eigenvalue weighted by molar-refractivity contribution is 0.411. The van der Waals surface area contributed by atoms with Gasteiger partial charge >= 0.3 is 0 Å². The number of halogens is 1. The Balaban J connectivity index is 0.000000671. The SMILES string of the molecule is CC.COc1ccc(C)cc1CBr. The molecule has 2 heteroatoms. The lowest BCUT2D eigenvalue weighted by atomic mass is 10.1. The van der Waals surface area contributed by atoms with Crippen LogP contribution >= 0.6 is 15.9 Å². The van der Waals surface area contributed by atoms with Crippen LogP contribution in [0.3, 0.4) is 0 Å². The van der Waals surface area contributed by atoms with Gasteiger partial charge in [-0.25, -0.2) is 0 Å². The van der Waals surface area contributed by atoms with Gasteiger partial charge in [-0.05, 0) is 13.0 Å². The van der Waals surface area contributed by atoms with Gasteiger partial charge in [0.2, 0.25) is 0 Å². The predicted octanol–water partition coefficient (Wildman–Crippen LogP) is 3.92. The van der Waals surface area contributed by atoms with E-state index in [-0.39, 0.29) is 0 Å². The summed E-state index contributed by atoms with van der Waals surface area (Å²) in [6, 6.07) is 6.16. The van der Waals surface area contributed by atoms with Gasteiger partial charge in [-0.1, -0.05) is 47.5 Å². The number of ether oxygens (including phenoxy) is 1. The Bertz CT molecular complexity index is 246. The molecule has 0 saturated heterocycles. The summed E-state index contributed by atoms with van der Waals surface area (Å²) in [6.07, 6.45) is 0. The Kier molecular flexibility index (Phi) is 6.69. The van der Waals surface area contributed by atoms with Crippen LogP contribution in [0.4, 0.5) is 0 Å². The van der Waals surface area contributed by atoms with Gasteiger partial charge in [0.05, 0.1) is 7.11 Å². The second-order valence-electron chi connectivity index (χ2n) is 2.45. The van der Waals surface area contributed by atoms with Crippen LogP contribution in [0, 0.1) is 6.92 Å². The maximum atomic E-state index is 5.16. The molecule has 0 N–H and O–H groups in total. The summed E-state index contributed by atoms with van der Waals surface area (Å²) in [4.78, 5) is 0. The number of alkyl halides is 1. The van der Waals surface area contributed by atoms with Crippen molar-refractivity contribution in [1.82, 2.24) is 0 Å². The zero-order chi connectivity index (χ0) is 10.3. The minimum absolute atomic E-state index is 0.845. The first-order valence-electron chi connectivity index (χ1n) is 4.47. The lowest BCUT2D eigenvalue weighted by Crippen LogP contribution is -1.89. The van der Waals surface area contributed by atoms with Crippen LogP contribution in [-0.2, 0) is 5.33 Å². The van der Waals surface area contributed by atoms with Crippen molar-refractivity contribution in [3.05, 3.63) is 29.3 Å². The summed E-state index contributed by atoms with van der Waals surface area (Å²) >= 11 is 3.40. The summed E-state index contributed by atoms with van der Waals surface area (Å²) in [6.45, 7) is 6.08. The molecule has 0 bridgehead atoms. The fourth-order valence-electron chi connectivity index (χ4n) is 1.01. The maximum absolute atomic E-state index is 5.16. The first-order chi connectivity index (χ1) is 6.27. The molecule has 0 aliphatic carbocycles. The van der Waals surface area contributed by atoms with E-state index in [0.29, 0.717) is 0 Å². The number of hydrogen-bond acceptors (Lipinski definition) is 1. The van der Waals surface area contributed by atoms with Crippen molar-refractivity contribution in [2.45, 2.75) is 26.1 Å². The van der Waals surface area contributed by atoms with Gasteiger partial charge < -0.3 is 4.74 Å². The first kappa shape index (κ1) is 12.5. The van der Waals surface area contributed by atoms with Crippen LogP contribution < -0.4 is 4.74 Å². The second-order valence-corrected chi connectivity index (χ2v) is 3.01. The van der Waals surface area contributed by atoms with E-state index >= 15 is 0 Å². The largest absolute Gasteiger partial charge is 0.496 e. The summed E-state index contributed by atoms with van der Waals surface area (Å²) in [5.41, 5.74) is 2.47. The molecule has 0 aliphatic heterocycles. The standard InChI is InChI=1S/C9H11BrO.C2H6/c1-7-3-4-9(11-2)8(5-7)6-10;1-2/h3-5H,6H2,1-2H3;1-2H3. The molecule has 1 aromatic rings. The van der Waals surface area contributed by atoms with Crippen LogP contribution in [-0.4, -0.2) is 7.11 Å². The smallest absolute Gasteiger partial charge is 0.122 e. The number of aryl methyl sites for hydroxylation is 1. The molecule has 0 unspecified atom stereocenters. The van der Waals surface area contributed by atoms with Crippen LogP contribution in [0.2, 0.25) is 0 Å². The Morgan fingerprint density at radius 3 is 2.38 bits per heavy atom. The monoisotopic (exact) mass is 244 g/mol. The van der Waals surface area contributed by atoms with Crippen molar-refractivity contribution in [2.75, 3.05) is 7.11 Å². The van der Waals surface area contributed by atoms with Gasteiger partial charge in [-0.3, -0.25) is 0 Å². The van der Waals surface area contributed by atoms with E-state index in [1.165, 1.54) is 11.1 Å². The Hall–Kier alpha value is -0.500. The first-order valence-corrected chi connectivity index (χ1v) is 5.59. The highest BCUT2D eigenvalue weighted by Crippen LogP contribution is 2.21. The van der Waals surface area contributed by atoms with E-state index in [9.17, 15) is 0 Å². The Morgan fingerprint density at radius 1 is 1.31 bits per heavy atom. The average molecular weight is 245 g/mol. The Morgan fingerprint density at radius 2 is 1.92 bits per heavy atom. The summed E-state index contributed by atoms with van der Waals surface area (Å²) in [5, 5.41) is 0.845. The van der Waals surface area contributed by atoms with E-state index in [1.54, 1.807) is 7.11 Å². The van der Waals surface area contributed by atoms with Crippen LogP contribution in [0.1, 0.15) is 25.0 Å². The van der Waals surface area contributed by atoms with Crippen molar-refractivity contribution >= 4 is 15.9 Å². The van der Waals surface area contributed by atoms with E-state index < -0.39 is 0 Å². The minimum atomic E-state index is 0.845. The van der Waals surface area contributed by atoms with Crippen molar-refractivity contribution in [2.24, 2.45) is 0 Å². The van der Waals surface area contributed by atoms with E-state index in [2.05, 4.69) is 28.9 Å². The molecular formula is C11H17BrO. The molecule has 0 atom stereocenters. The molecule has 0 amide bonds. The van der Waals surface area contributed by atoms with Crippen LogP contribution in [0.25, 0.3) is 0 Å². The fourth-order valence-corrected chi connectivity index (χ4v) is 1.45. The molecule has 0 spiro atoms. The minimum Gasteiger partial charge on any atom is -0.496 e. The molecule has 74 valence electrons. The zero-order valence-electron chi connectivity index (χ0n) is 8.73. The normalized spacial score (nSPS) is 8.69.